The minimum Gasteiger partial charge on any atom is -0.394 e. The number of carbonyl (C=O) groups is 1. The fourth-order valence-electron chi connectivity index (χ4n) is 8.74. The molecule has 7 atom stereocenters. The van der Waals surface area contributed by atoms with Crippen molar-refractivity contribution in [3.63, 3.8) is 0 Å². The van der Waals surface area contributed by atoms with Crippen molar-refractivity contribution in [3.05, 3.63) is 24.3 Å². The molecule has 1 saturated heterocycles. The van der Waals surface area contributed by atoms with Crippen molar-refractivity contribution < 1.29 is 51.8 Å². The van der Waals surface area contributed by atoms with Crippen molar-refractivity contribution in [3.8, 4) is 0 Å². The number of amides is 1. The second kappa shape index (κ2) is 43.6. The van der Waals surface area contributed by atoms with Gasteiger partial charge in [0, 0.05) is 6.42 Å². The van der Waals surface area contributed by atoms with Gasteiger partial charge in [-0.1, -0.05) is 224 Å². The van der Waals surface area contributed by atoms with E-state index in [1.54, 1.807) is 6.08 Å². The molecule has 0 bridgehead atoms. The molecule has 66 heavy (non-hydrogen) atoms. The van der Waals surface area contributed by atoms with Crippen LogP contribution in [0.3, 0.4) is 0 Å². The van der Waals surface area contributed by atoms with E-state index in [0.717, 1.165) is 38.5 Å². The number of allylic oxidation sites excluding steroid dienone is 3. The Hall–Kier alpha value is -1.42. The van der Waals surface area contributed by atoms with Crippen molar-refractivity contribution in [1.29, 1.82) is 0 Å². The summed E-state index contributed by atoms with van der Waals surface area (Å²) in [4.78, 5) is 13.1. The third-order valence-electron chi connectivity index (χ3n) is 13.0. The predicted octanol–water partition coefficient (Wildman–Crippen LogP) is 12.1. The molecule has 1 amide bonds. The van der Waals surface area contributed by atoms with Crippen LogP contribution in [0.15, 0.2) is 24.3 Å². The van der Waals surface area contributed by atoms with Gasteiger partial charge in [-0.3, -0.25) is 9.35 Å². The normalized spacial score (nSPS) is 20.1. The van der Waals surface area contributed by atoms with Gasteiger partial charge in [-0.2, -0.15) is 8.42 Å². The number of aliphatic hydroxyl groups excluding tert-OH is 4. The summed E-state index contributed by atoms with van der Waals surface area (Å²) in [5.41, 5.74) is 0. The Morgan fingerprint density at radius 1 is 0.591 bits per heavy atom. The van der Waals surface area contributed by atoms with Crippen LogP contribution in [0.5, 0.6) is 0 Å². The summed E-state index contributed by atoms with van der Waals surface area (Å²) in [7, 11) is -5.08. The first-order valence-corrected chi connectivity index (χ1v) is 28.6. The first-order chi connectivity index (χ1) is 32.0. The van der Waals surface area contributed by atoms with Crippen LogP contribution >= 0.6 is 0 Å². The number of unbranched alkanes of at least 4 members (excludes halogenated alkanes) is 33. The lowest BCUT2D eigenvalue weighted by atomic mass is 9.99. The standard InChI is InChI=1S/C53H101NO11S/c1-3-5-7-9-11-13-15-16-17-18-19-20-21-22-23-24-25-26-27-28-29-30-31-32-33-35-37-39-41-43-49(57)54-46(47(56)42-40-38-36-34-14-12-10-8-6-4-2)45-63-53-51(59)52(65-66(60,61)62)50(58)48(44-55)64-53/h22-23,40,42,46-48,50-53,55-56,58-59H,3-21,24-39,41,43-45H2,1-2H3,(H,54,57)(H,60,61,62)/b23-22-,42-40+. The lowest BCUT2D eigenvalue weighted by molar-refractivity contribution is -0.298. The van der Waals surface area contributed by atoms with Crippen molar-refractivity contribution in [1.82, 2.24) is 5.32 Å². The largest absolute Gasteiger partial charge is 0.397 e. The highest BCUT2D eigenvalue weighted by Crippen LogP contribution is 2.26. The first-order valence-electron chi connectivity index (χ1n) is 27.2. The number of hydrogen-bond donors (Lipinski definition) is 6. The molecule has 1 heterocycles. The summed E-state index contributed by atoms with van der Waals surface area (Å²) in [6.45, 7) is 3.38. The monoisotopic (exact) mass is 960 g/mol. The van der Waals surface area contributed by atoms with E-state index < -0.39 is 59.9 Å². The van der Waals surface area contributed by atoms with Crippen LogP contribution in [0.2, 0.25) is 0 Å². The molecule has 7 unspecified atom stereocenters. The molecule has 6 N–H and O–H groups in total. The molecule has 1 aliphatic heterocycles. The molecule has 0 radical (unpaired) electrons. The van der Waals surface area contributed by atoms with Gasteiger partial charge in [0.1, 0.15) is 24.4 Å². The minimum atomic E-state index is -5.08. The van der Waals surface area contributed by atoms with E-state index in [9.17, 15) is 38.2 Å². The second-order valence-corrected chi connectivity index (χ2v) is 20.2. The molecular formula is C53H101NO11S. The third-order valence-corrected chi connectivity index (χ3v) is 13.4. The van der Waals surface area contributed by atoms with Gasteiger partial charge in [-0.25, -0.2) is 4.18 Å². The average Bonchev–Trinajstić information content (AvgIpc) is 3.29. The van der Waals surface area contributed by atoms with E-state index in [-0.39, 0.29) is 18.9 Å². The van der Waals surface area contributed by atoms with Gasteiger partial charge in [-0.05, 0) is 44.9 Å². The molecule has 1 rings (SSSR count). The molecule has 0 aromatic carbocycles. The highest BCUT2D eigenvalue weighted by atomic mass is 32.3. The van der Waals surface area contributed by atoms with Gasteiger partial charge < -0.3 is 35.2 Å². The smallest absolute Gasteiger partial charge is 0.394 e. The lowest BCUT2D eigenvalue weighted by Gasteiger charge is -2.41. The average molecular weight is 960 g/mol. The Morgan fingerprint density at radius 3 is 1.36 bits per heavy atom. The summed E-state index contributed by atoms with van der Waals surface area (Å²) >= 11 is 0. The summed E-state index contributed by atoms with van der Waals surface area (Å²) in [5, 5.41) is 44.7. The van der Waals surface area contributed by atoms with Gasteiger partial charge in [0.25, 0.3) is 0 Å². The van der Waals surface area contributed by atoms with Crippen molar-refractivity contribution >= 4 is 16.3 Å². The second-order valence-electron chi connectivity index (χ2n) is 19.2. The van der Waals surface area contributed by atoms with Crippen molar-refractivity contribution in [2.24, 2.45) is 0 Å². The fourth-order valence-corrected chi connectivity index (χ4v) is 9.25. The Bertz CT molecular complexity index is 1270. The van der Waals surface area contributed by atoms with Crippen LogP contribution in [0.25, 0.3) is 0 Å². The quantitative estimate of drug-likeness (QED) is 0.0193. The van der Waals surface area contributed by atoms with Gasteiger partial charge in [0.15, 0.2) is 6.29 Å². The zero-order valence-corrected chi connectivity index (χ0v) is 42.8. The minimum absolute atomic E-state index is 0.262. The Kier molecular flexibility index (Phi) is 41.3. The van der Waals surface area contributed by atoms with E-state index >= 15 is 0 Å². The van der Waals surface area contributed by atoms with Crippen LogP contribution in [0.1, 0.15) is 251 Å². The fraction of sp³-hybridized carbons (Fsp3) is 0.906. The van der Waals surface area contributed by atoms with Gasteiger partial charge in [0.2, 0.25) is 5.91 Å². The Labute approximate surface area is 403 Å². The van der Waals surface area contributed by atoms with Crippen molar-refractivity contribution in [2.75, 3.05) is 13.2 Å². The highest BCUT2D eigenvalue weighted by molar-refractivity contribution is 7.80. The number of nitrogens with one attached hydrogen (secondary N) is 1. The summed E-state index contributed by atoms with van der Waals surface area (Å²) < 4.78 is 47.6. The number of carbonyl (C=O) groups excluding carboxylic acids is 1. The zero-order valence-electron chi connectivity index (χ0n) is 42.0. The molecule has 0 aromatic rings. The van der Waals surface area contributed by atoms with Gasteiger partial charge >= 0.3 is 10.4 Å². The van der Waals surface area contributed by atoms with E-state index in [1.165, 1.54) is 186 Å². The maximum atomic E-state index is 13.1. The number of hydrogen-bond acceptors (Lipinski definition) is 10. The summed E-state index contributed by atoms with van der Waals surface area (Å²) in [5.74, 6) is -0.262. The van der Waals surface area contributed by atoms with Crippen LogP contribution < -0.4 is 5.32 Å². The molecule has 12 nitrogen and oxygen atoms in total. The van der Waals surface area contributed by atoms with Crippen molar-refractivity contribution in [2.45, 2.75) is 294 Å². The Morgan fingerprint density at radius 2 is 0.970 bits per heavy atom. The van der Waals surface area contributed by atoms with E-state index in [1.807, 2.05) is 6.08 Å². The molecule has 1 aliphatic rings. The third kappa shape index (κ3) is 35.7. The summed E-state index contributed by atoms with van der Waals surface area (Å²) in [6, 6.07) is -0.940. The Balaban J connectivity index is 2.26. The molecule has 13 heteroatoms. The molecular weight excluding hydrogens is 859 g/mol. The molecule has 0 spiro atoms. The number of aliphatic hydroxyl groups is 4. The number of rotatable bonds is 47. The van der Waals surface area contributed by atoms with Crippen LogP contribution in [0, 0.1) is 0 Å². The summed E-state index contributed by atoms with van der Waals surface area (Å²) in [6.07, 6.45) is 44.0. The van der Waals surface area contributed by atoms with Gasteiger partial charge in [-0.15, -0.1) is 0 Å². The molecule has 0 aliphatic carbocycles. The van der Waals surface area contributed by atoms with Crippen LogP contribution in [-0.2, 0) is 28.9 Å². The van der Waals surface area contributed by atoms with Crippen LogP contribution in [-0.4, -0.2) is 95.4 Å². The molecule has 1 fully saturated rings. The van der Waals surface area contributed by atoms with E-state index in [4.69, 9.17) is 9.47 Å². The van der Waals surface area contributed by atoms with Gasteiger partial charge in [0.05, 0.1) is 25.4 Å². The molecule has 0 saturated carbocycles. The van der Waals surface area contributed by atoms with E-state index in [0.29, 0.717) is 6.42 Å². The first kappa shape index (κ1) is 62.6. The SMILES string of the molecule is CCCCCCCCCC/C=C/C(O)C(COC1OC(CO)C(O)C(OS(=O)(=O)O)C1O)NC(=O)CCCCCCCCCCCCCCC/C=C\CCCCCCCCCCCCCC. The maximum Gasteiger partial charge on any atom is 0.397 e. The number of ether oxygens (including phenoxy) is 2. The topological polar surface area (TPSA) is 192 Å². The maximum absolute atomic E-state index is 13.1. The van der Waals surface area contributed by atoms with Crippen LogP contribution in [0.4, 0.5) is 0 Å². The molecule has 390 valence electrons. The highest BCUT2D eigenvalue weighted by Gasteiger charge is 2.48. The van der Waals surface area contributed by atoms with E-state index in [2.05, 4.69) is 35.5 Å². The molecule has 0 aromatic heterocycles. The predicted molar refractivity (Wildman–Crippen MR) is 269 cm³/mol. The zero-order chi connectivity index (χ0) is 48.4. The lowest BCUT2D eigenvalue weighted by Crippen LogP contribution is -2.61.